The van der Waals surface area contributed by atoms with Gasteiger partial charge in [-0.3, -0.25) is 4.79 Å². The molecule has 5 rings (SSSR count). The van der Waals surface area contributed by atoms with E-state index in [1.807, 2.05) is 24.3 Å². The molecule has 33 heavy (non-hydrogen) atoms. The number of morpholine rings is 1. The van der Waals surface area contributed by atoms with E-state index >= 15 is 0 Å². The Hall–Kier alpha value is -2.83. The number of thiol groups is 1. The van der Waals surface area contributed by atoms with E-state index < -0.39 is 5.41 Å². The van der Waals surface area contributed by atoms with Gasteiger partial charge in [0.15, 0.2) is 17.9 Å². The fourth-order valence-corrected chi connectivity index (χ4v) is 5.34. The van der Waals surface area contributed by atoms with Crippen molar-refractivity contribution in [2.24, 2.45) is 0 Å². The van der Waals surface area contributed by atoms with Crippen molar-refractivity contribution < 1.29 is 14.3 Å². The molecule has 1 aliphatic carbocycles. The highest BCUT2D eigenvalue weighted by molar-refractivity contribution is 7.73. The summed E-state index contributed by atoms with van der Waals surface area (Å²) in [4.78, 5) is 16.9. The van der Waals surface area contributed by atoms with Crippen LogP contribution in [0.15, 0.2) is 36.4 Å². The largest absolute Gasteiger partial charge is 0.492 e. The first-order chi connectivity index (χ1) is 16.0. The van der Waals surface area contributed by atoms with Gasteiger partial charge in [-0.05, 0) is 35.9 Å². The minimum Gasteiger partial charge on any atom is -0.492 e. The molecule has 1 fully saturated rings. The van der Waals surface area contributed by atoms with Crippen molar-refractivity contribution in [3.63, 3.8) is 0 Å². The van der Waals surface area contributed by atoms with Crippen molar-refractivity contribution in [1.82, 2.24) is 14.0 Å². The van der Waals surface area contributed by atoms with E-state index in [9.17, 15) is 10.1 Å². The second-order valence-corrected chi connectivity index (χ2v) is 9.91. The van der Waals surface area contributed by atoms with Gasteiger partial charge in [0.25, 0.3) is 0 Å². The minimum absolute atomic E-state index is 0.00723. The monoisotopic (exact) mass is 463 g/mol. The van der Waals surface area contributed by atoms with E-state index in [0.717, 1.165) is 72.9 Å². The average molecular weight is 464 g/mol. The van der Waals surface area contributed by atoms with E-state index in [-0.39, 0.29) is 5.78 Å². The van der Waals surface area contributed by atoms with E-state index in [4.69, 9.17) is 9.47 Å². The van der Waals surface area contributed by atoms with Crippen molar-refractivity contribution in [3.05, 3.63) is 64.3 Å². The van der Waals surface area contributed by atoms with Gasteiger partial charge in [-0.2, -0.15) is 5.26 Å². The Balaban J connectivity index is 1.33. The maximum absolute atomic E-state index is 13.4. The van der Waals surface area contributed by atoms with Crippen LogP contribution in [-0.4, -0.2) is 54.5 Å². The van der Waals surface area contributed by atoms with Crippen molar-refractivity contribution in [2.75, 3.05) is 39.5 Å². The highest BCUT2D eigenvalue weighted by Gasteiger charge is 2.39. The molecule has 8 heteroatoms. The summed E-state index contributed by atoms with van der Waals surface area (Å²) in [6, 6.07) is 13.3. The molecule has 2 N–H and O–H groups in total. The van der Waals surface area contributed by atoms with Crippen LogP contribution < -0.4 is 9.46 Å². The summed E-state index contributed by atoms with van der Waals surface area (Å²) in [6.07, 6.45) is 0. The lowest BCUT2D eigenvalue weighted by Crippen LogP contribution is -2.40. The number of carbonyl (C=O) groups is 1. The molecule has 2 heterocycles. The summed E-state index contributed by atoms with van der Waals surface area (Å²) in [6.45, 7) is 8.95. The predicted molar refractivity (Wildman–Crippen MR) is 130 cm³/mol. The molecule has 1 aliphatic heterocycles. The normalized spacial score (nSPS) is 17.4. The van der Waals surface area contributed by atoms with Gasteiger partial charge in [0.1, 0.15) is 12.4 Å². The van der Waals surface area contributed by atoms with Gasteiger partial charge in [0.05, 0.1) is 50.0 Å². The maximum Gasteiger partial charge on any atom is 0.195 e. The number of nitriles is 1. The predicted octanol–water partition coefficient (Wildman–Crippen LogP) is 2.86. The quantitative estimate of drug-likeness (QED) is 0.332. The molecule has 7 nitrogen and oxygen atoms in total. The number of hydrogen-bond donors (Lipinski definition) is 2. The molecule has 0 bridgehead atoms. The first kappa shape index (κ1) is 22.0. The van der Waals surface area contributed by atoms with Crippen LogP contribution in [0.5, 0.6) is 5.75 Å². The Morgan fingerprint density at radius 3 is 2.85 bits per heavy atom. The third-order valence-corrected chi connectivity index (χ3v) is 7.42. The molecule has 2 aromatic carbocycles. The van der Waals surface area contributed by atoms with Crippen molar-refractivity contribution in [2.45, 2.75) is 19.3 Å². The molecule has 1 saturated heterocycles. The lowest BCUT2D eigenvalue weighted by atomic mass is 9.71. The standard InChI is InChI=1S/C25H26N4O3S/c1-25(2)20-14-17(32-10-7-27-33-29-8-11-31-12-9-29)4-6-18(20)23(30)22-19-5-3-16(15-26)13-21(19)28-24(22)25/h3-6,13-14,27-28H,7-12H2,1-2H3/p+1. The number of ketones is 1. The molecule has 2 aliphatic rings. The van der Waals surface area contributed by atoms with Gasteiger partial charge in [0.2, 0.25) is 0 Å². The Labute approximate surface area is 197 Å². The van der Waals surface area contributed by atoms with Gasteiger partial charge in [-0.1, -0.05) is 19.9 Å². The van der Waals surface area contributed by atoms with Crippen LogP contribution in [0.25, 0.3) is 10.9 Å². The molecular weight excluding hydrogens is 436 g/mol. The van der Waals surface area contributed by atoms with Gasteiger partial charge < -0.3 is 14.5 Å². The Bertz CT molecular complexity index is 1250. The molecule has 1 aromatic heterocycles. The van der Waals surface area contributed by atoms with Crippen LogP contribution in [0.4, 0.5) is 0 Å². The van der Waals surface area contributed by atoms with E-state index in [0.29, 0.717) is 23.3 Å². The number of aromatic nitrogens is 1. The minimum atomic E-state index is -0.406. The summed E-state index contributed by atoms with van der Waals surface area (Å²) in [5, 5.41) is 10.1. The van der Waals surface area contributed by atoms with Crippen molar-refractivity contribution >= 4 is 28.8 Å². The molecule has 0 amide bonds. The summed E-state index contributed by atoms with van der Waals surface area (Å²) in [7, 11) is 0. The van der Waals surface area contributed by atoms with Gasteiger partial charge in [-0.25, -0.2) is 0 Å². The van der Waals surface area contributed by atoms with Crippen LogP contribution in [0.3, 0.4) is 0 Å². The number of aromatic amines is 1. The SMILES string of the molecule is CC1(C)c2cc(OCCN[SH+]N3CCOCC3)ccc2C(=O)c2c1[nH]c1cc(C#N)ccc21. The molecular formula is C25H27N4O3S+. The average Bonchev–Trinajstić information content (AvgIpc) is 3.23. The second kappa shape index (κ2) is 8.84. The maximum atomic E-state index is 13.4. The number of fused-ring (bicyclic) bond motifs is 4. The van der Waals surface area contributed by atoms with Crippen LogP contribution in [-0.2, 0) is 22.3 Å². The van der Waals surface area contributed by atoms with E-state index in [2.05, 4.69) is 33.9 Å². The number of H-pyrrole nitrogens is 1. The van der Waals surface area contributed by atoms with Crippen LogP contribution in [0.2, 0.25) is 0 Å². The number of ether oxygens (including phenoxy) is 2. The fourth-order valence-electron chi connectivity index (χ4n) is 4.59. The molecule has 170 valence electrons. The van der Waals surface area contributed by atoms with E-state index in [1.54, 1.807) is 12.1 Å². The fraction of sp³-hybridized carbons (Fsp3) is 0.360. The Morgan fingerprint density at radius 2 is 2.06 bits per heavy atom. The first-order valence-electron chi connectivity index (χ1n) is 11.1. The summed E-state index contributed by atoms with van der Waals surface area (Å²) in [5.41, 5.74) is 4.21. The van der Waals surface area contributed by atoms with Gasteiger partial charge in [-0.15, -0.1) is 9.03 Å². The second-order valence-electron chi connectivity index (χ2n) is 8.83. The number of hydrogen-bond acceptors (Lipinski definition) is 6. The third kappa shape index (κ3) is 4.02. The zero-order valence-corrected chi connectivity index (χ0v) is 19.7. The molecule has 0 unspecified atom stereocenters. The summed E-state index contributed by atoms with van der Waals surface area (Å²) in [5.74, 6) is 0.763. The number of nitrogens with one attached hydrogen (secondary N) is 2. The van der Waals surface area contributed by atoms with Crippen LogP contribution in [0.1, 0.15) is 46.6 Å². The number of rotatable bonds is 6. The van der Waals surface area contributed by atoms with Crippen molar-refractivity contribution in [1.29, 1.82) is 5.26 Å². The molecule has 3 aromatic rings. The summed E-state index contributed by atoms with van der Waals surface area (Å²) >= 11 is 1.09. The van der Waals surface area contributed by atoms with Gasteiger partial charge >= 0.3 is 0 Å². The number of carbonyl (C=O) groups excluding carboxylic acids is 1. The smallest absolute Gasteiger partial charge is 0.195 e. The zero-order valence-electron chi connectivity index (χ0n) is 18.8. The molecule has 0 radical (unpaired) electrons. The van der Waals surface area contributed by atoms with Gasteiger partial charge in [0, 0.05) is 27.6 Å². The lowest BCUT2D eigenvalue weighted by molar-refractivity contribution is 0.0765. The van der Waals surface area contributed by atoms with Crippen molar-refractivity contribution in [3.8, 4) is 11.8 Å². The number of benzene rings is 2. The Kier molecular flexibility index (Phi) is 5.89. The molecule has 0 atom stereocenters. The number of nitrogens with zero attached hydrogens (tertiary/aromatic N) is 2. The van der Waals surface area contributed by atoms with Crippen LogP contribution >= 0.6 is 0 Å². The highest BCUT2D eigenvalue weighted by Crippen LogP contribution is 2.44. The molecule has 0 saturated carbocycles. The van der Waals surface area contributed by atoms with E-state index in [1.165, 1.54) is 0 Å². The first-order valence-corrected chi connectivity index (χ1v) is 12.0. The Morgan fingerprint density at radius 1 is 1.24 bits per heavy atom. The summed E-state index contributed by atoms with van der Waals surface area (Å²) < 4.78 is 17.0. The lowest BCUT2D eigenvalue weighted by Gasteiger charge is -2.32. The molecule has 0 spiro atoms. The zero-order chi connectivity index (χ0) is 23.0. The highest BCUT2D eigenvalue weighted by atomic mass is 32.2. The third-order valence-electron chi connectivity index (χ3n) is 6.37. The topological polar surface area (TPSA) is 90.4 Å². The van der Waals surface area contributed by atoms with Crippen LogP contribution in [0, 0.1) is 11.3 Å².